The van der Waals surface area contributed by atoms with Crippen LogP contribution < -0.4 is 16.4 Å². The van der Waals surface area contributed by atoms with E-state index in [-0.39, 0.29) is 5.41 Å². The van der Waals surface area contributed by atoms with Gasteiger partial charge < -0.3 is 21.3 Å². The van der Waals surface area contributed by atoms with Crippen LogP contribution in [0.25, 0.3) is 0 Å². The molecular weight excluding hydrogens is 408 g/mol. The number of likely N-dealkylation sites (tertiary alicyclic amines) is 1. The first-order chi connectivity index (χ1) is 14.5. The topological polar surface area (TPSA) is 99.9 Å². The van der Waals surface area contributed by atoms with Crippen molar-refractivity contribution in [2.24, 2.45) is 17.1 Å². The lowest BCUT2D eigenvalue weighted by atomic mass is 9.75. The lowest BCUT2D eigenvalue weighted by Crippen LogP contribution is -2.58. The third-order valence-corrected chi connectivity index (χ3v) is 7.03. The number of urea groups is 1. The maximum Gasteiger partial charge on any atom is 0.318 e. The van der Waals surface area contributed by atoms with Gasteiger partial charge in [-0.1, -0.05) is 0 Å². The number of halogens is 2. The van der Waals surface area contributed by atoms with Gasteiger partial charge in [0.2, 0.25) is 11.8 Å². The zero-order valence-corrected chi connectivity index (χ0v) is 18.3. The number of hydroxylamine groups is 2. The minimum atomic E-state index is -3.08. The number of nitrogens with two attached hydrogens (primary N) is 1. The van der Waals surface area contributed by atoms with Crippen LogP contribution in [-0.4, -0.2) is 72.3 Å². The van der Waals surface area contributed by atoms with Gasteiger partial charge >= 0.3 is 6.03 Å². The fourth-order valence-corrected chi connectivity index (χ4v) is 4.59. The predicted octanol–water partition coefficient (Wildman–Crippen LogP) is 1.80. The zero-order chi connectivity index (χ0) is 22.3. The lowest BCUT2D eigenvalue weighted by molar-refractivity contribution is -0.222. The van der Waals surface area contributed by atoms with Crippen LogP contribution >= 0.6 is 0 Å². The third kappa shape index (κ3) is 6.26. The second-order valence-corrected chi connectivity index (χ2v) is 10.3. The number of hydrogen-bond donors (Lipinski definition) is 3. The fourth-order valence-electron chi connectivity index (χ4n) is 4.59. The number of alkyl halides is 2. The normalized spacial score (nSPS) is 26.4. The Morgan fingerprint density at radius 1 is 1.19 bits per heavy atom. The van der Waals surface area contributed by atoms with Crippen LogP contribution in [0, 0.1) is 11.3 Å². The molecule has 0 radical (unpaired) electrons. The highest BCUT2D eigenvalue weighted by Gasteiger charge is 2.44. The Labute approximate surface area is 182 Å². The monoisotopic (exact) mass is 443 g/mol. The van der Waals surface area contributed by atoms with E-state index >= 15 is 0 Å². The minimum Gasteiger partial charge on any atom is -0.336 e. The Hall–Kier alpha value is -1.52. The first kappa shape index (κ1) is 22.7. The number of amides is 3. The van der Waals surface area contributed by atoms with Crippen LogP contribution in [0.3, 0.4) is 0 Å². The van der Waals surface area contributed by atoms with Crippen molar-refractivity contribution in [2.45, 2.75) is 75.9 Å². The van der Waals surface area contributed by atoms with Gasteiger partial charge in [-0.05, 0) is 63.2 Å². The van der Waals surface area contributed by atoms with Crippen LogP contribution in [0.1, 0.15) is 58.3 Å². The maximum absolute atomic E-state index is 13.7. The number of nitrogens with zero attached hydrogens (tertiary/aromatic N) is 2. The van der Waals surface area contributed by atoms with Crippen molar-refractivity contribution < 1.29 is 23.2 Å². The summed E-state index contributed by atoms with van der Waals surface area (Å²) in [5.41, 5.74) is 5.20. The highest BCUT2D eigenvalue weighted by Crippen LogP contribution is 2.40. The van der Waals surface area contributed by atoms with Crippen molar-refractivity contribution in [3.8, 4) is 0 Å². The van der Waals surface area contributed by atoms with Gasteiger partial charge in [-0.3, -0.25) is 9.63 Å². The van der Waals surface area contributed by atoms with Crippen molar-refractivity contribution in [1.29, 1.82) is 0 Å². The van der Waals surface area contributed by atoms with Crippen LogP contribution in [0.2, 0.25) is 0 Å². The molecule has 2 saturated heterocycles. The van der Waals surface area contributed by atoms with E-state index in [1.54, 1.807) is 4.90 Å². The first-order valence-corrected chi connectivity index (χ1v) is 11.5. The average molecular weight is 444 g/mol. The van der Waals surface area contributed by atoms with Gasteiger partial charge in [0.05, 0.1) is 12.3 Å². The number of rotatable bonds is 7. The second kappa shape index (κ2) is 8.44. The molecule has 4 fully saturated rings. The Morgan fingerprint density at radius 2 is 1.87 bits per heavy atom. The average Bonchev–Trinajstić information content (AvgIpc) is 3.60. The number of piperidine rings is 1. The van der Waals surface area contributed by atoms with Gasteiger partial charge in [0.1, 0.15) is 6.04 Å². The summed E-state index contributed by atoms with van der Waals surface area (Å²) in [7, 11) is 0. The van der Waals surface area contributed by atoms with Crippen LogP contribution in [0.4, 0.5) is 13.6 Å². The van der Waals surface area contributed by atoms with Gasteiger partial charge in [-0.2, -0.15) is 5.06 Å². The van der Waals surface area contributed by atoms with Crippen LogP contribution in [-0.2, 0) is 9.63 Å². The summed E-state index contributed by atoms with van der Waals surface area (Å²) < 4.78 is 27.3. The highest BCUT2D eigenvalue weighted by molar-refractivity contribution is 5.87. The molecule has 2 aliphatic carbocycles. The molecule has 0 aromatic heterocycles. The molecule has 2 saturated carbocycles. The smallest absolute Gasteiger partial charge is 0.318 e. The number of carbonyl (C=O) groups is 2. The zero-order valence-electron chi connectivity index (χ0n) is 18.3. The summed E-state index contributed by atoms with van der Waals surface area (Å²) in [5.74, 6) is -2.98. The molecule has 2 aliphatic heterocycles. The van der Waals surface area contributed by atoms with E-state index in [0.717, 1.165) is 45.2 Å². The third-order valence-electron chi connectivity index (χ3n) is 7.03. The first-order valence-electron chi connectivity index (χ1n) is 11.5. The molecule has 0 aromatic rings. The summed E-state index contributed by atoms with van der Waals surface area (Å²) in [6, 6.07) is -1.79. The molecule has 2 heterocycles. The van der Waals surface area contributed by atoms with E-state index in [2.05, 4.69) is 15.7 Å². The van der Waals surface area contributed by atoms with Gasteiger partial charge in [-0.15, -0.1) is 0 Å². The van der Waals surface area contributed by atoms with E-state index in [1.165, 1.54) is 12.8 Å². The quantitative estimate of drug-likeness (QED) is 0.521. The predicted molar refractivity (Wildman–Crippen MR) is 110 cm³/mol. The molecule has 4 aliphatic rings. The molecule has 0 unspecified atom stereocenters. The number of hydrogen-bond acceptors (Lipinski definition) is 5. The maximum atomic E-state index is 13.7. The van der Waals surface area contributed by atoms with Gasteiger partial charge in [0.15, 0.2) is 0 Å². The summed E-state index contributed by atoms with van der Waals surface area (Å²) >= 11 is 0. The molecule has 31 heavy (non-hydrogen) atoms. The fraction of sp³-hybridized carbons (Fsp3) is 0.905. The van der Waals surface area contributed by atoms with E-state index in [1.807, 2.05) is 0 Å². The molecule has 10 heteroatoms. The standard InChI is InChI=1S/C21H35F2N5O3/c1-19(22,23)12-16(17(29)26-21(24)4-5-21)25-18(30)27-9-6-20(7-10-27)8-11-31-28(14-20)13-15-2-3-15/h15-16H,2-14,24H2,1H3,(H,25,30)(H,26,29)/t16-/m0/s1. The van der Waals surface area contributed by atoms with Gasteiger partial charge in [0, 0.05) is 32.6 Å². The SMILES string of the molecule is CC(F)(F)C[C@H](NC(=O)N1CCC2(CCON(CC3CC3)C2)CC1)C(=O)NC1(N)CC1. The van der Waals surface area contributed by atoms with E-state index in [0.29, 0.717) is 32.5 Å². The van der Waals surface area contributed by atoms with Crippen molar-refractivity contribution in [3.05, 3.63) is 0 Å². The van der Waals surface area contributed by atoms with Crippen molar-refractivity contribution >= 4 is 11.9 Å². The largest absolute Gasteiger partial charge is 0.336 e. The highest BCUT2D eigenvalue weighted by atomic mass is 19.3. The Balaban J connectivity index is 1.30. The van der Waals surface area contributed by atoms with Gasteiger partial charge in [0.25, 0.3) is 0 Å². The molecular formula is C21H35F2N5O3. The summed E-state index contributed by atoms with van der Waals surface area (Å²) in [5, 5.41) is 7.22. The van der Waals surface area contributed by atoms with Gasteiger partial charge in [-0.25, -0.2) is 13.6 Å². The Morgan fingerprint density at radius 3 is 2.45 bits per heavy atom. The molecule has 3 amide bonds. The van der Waals surface area contributed by atoms with E-state index in [9.17, 15) is 18.4 Å². The summed E-state index contributed by atoms with van der Waals surface area (Å²) in [6.07, 6.45) is 5.67. The molecule has 4 N–H and O–H groups in total. The van der Waals surface area contributed by atoms with Crippen molar-refractivity contribution in [1.82, 2.24) is 20.6 Å². The van der Waals surface area contributed by atoms with E-state index < -0.39 is 36.0 Å². The van der Waals surface area contributed by atoms with Crippen molar-refractivity contribution in [3.63, 3.8) is 0 Å². The molecule has 1 spiro atoms. The molecule has 176 valence electrons. The summed E-state index contributed by atoms with van der Waals surface area (Å²) in [4.78, 5) is 32.7. The molecule has 1 atom stereocenters. The Kier molecular flexibility index (Phi) is 6.17. The van der Waals surface area contributed by atoms with Crippen LogP contribution in [0.5, 0.6) is 0 Å². The van der Waals surface area contributed by atoms with Crippen molar-refractivity contribution in [2.75, 3.05) is 32.8 Å². The second-order valence-electron chi connectivity index (χ2n) is 10.3. The lowest BCUT2D eigenvalue weighted by Gasteiger charge is -2.47. The van der Waals surface area contributed by atoms with E-state index in [4.69, 9.17) is 10.6 Å². The molecule has 0 bridgehead atoms. The Bertz CT molecular complexity index is 685. The van der Waals surface area contributed by atoms with Crippen LogP contribution in [0.15, 0.2) is 0 Å². The number of nitrogens with one attached hydrogen (secondary N) is 2. The summed E-state index contributed by atoms with van der Waals surface area (Å²) in [6.45, 7) is 4.40. The molecule has 8 nitrogen and oxygen atoms in total. The minimum absolute atomic E-state index is 0.134. The molecule has 4 rings (SSSR count). The number of carbonyl (C=O) groups excluding carboxylic acids is 2. The molecule has 0 aromatic carbocycles.